The Morgan fingerprint density at radius 2 is 1.81 bits per heavy atom. The first kappa shape index (κ1) is 16.3. The summed E-state index contributed by atoms with van der Waals surface area (Å²) in [5, 5.41) is 5.37. The Hall–Kier alpha value is -1.11. The van der Waals surface area contributed by atoms with Crippen LogP contribution >= 0.6 is 11.6 Å². The molecule has 116 valence electrons. The van der Waals surface area contributed by atoms with E-state index < -0.39 is 10.0 Å². The number of nitrogens with zero attached hydrogens (tertiary/aromatic N) is 1. The van der Waals surface area contributed by atoms with Crippen molar-refractivity contribution in [2.45, 2.75) is 25.7 Å². The third kappa shape index (κ3) is 3.22. The number of carbonyl (C=O) groups is 1. The molecular formula is C14H19ClN2O3S. The highest BCUT2D eigenvalue weighted by molar-refractivity contribution is 7.89. The van der Waals surface area contributed by atoms with Crippen LogP contribution in [-0.4, -0.2) is 32.3 Å². The van der Waals surface area contributed by atoms with Crippen LogP contribution < -0.4 is 5.14 Å². The fraction of sp³-hybridized carbons (Fsp3) is 0.500. The maximum absolute atomic E-state index is 12.6. The second-order valence-corrected chi connectivity index (χ2v) is 7.75. The van der Waals surface area contributed by atoms with Crippen LogP contribution in [0.15, 0.2) is 17.0 Å². The molecule has 0 bridgehead atoms. The molecule has 5 nitrogen and oxygen atoms in total. The highest BCUT2D eigenvalue weighted by atomic mass is 35.5. The molecule has 1 saturated heterocycles. The number of primary sulfonamides is 1. The Morgan fingerprint density at radius 3 is 2.29 bits per heavy atom. The van der Waals surface area contributed by atoms with Crippen LogP contribution in [0.5, 0.6) is 0 Å². The molecule has 2 rings (SSSR count). The first-order valence-corrected chi connectivity index (χ1v) is 8.66. The van der Waals surface area contributed by atoms with Crippen LogP contribution in [-0.2, 0) is 10.0 Å². The quantitative estimate of drug-likeness (QED) is 0.900. The Labute approximate surface area is 130 Å². The summed E-state index contributed by atoms with van der Waals surface area (Å²) in [5.41, 5.74) is 0.645. The molecule has 1 aliphatic heterocycles. The Morgan fingerprint density at radius 1 is 1.29 bits per heavy atom. The number of likely N-dealkylation sites (tertiary alicyclic amines) is 1. The van der Waals surface area contributed by atoms with E-state index in [0.29, 0.717) is 36.1 Å². The zero-order valence-corrected chi connectivity index (χ0v) is 13.8. The summed E-state index contributed by atoms with van der Waals surface area (Å²) in [6, 6.07) is 2.78. The van der Waals surface area contributed by atoms with E-state index in [2.05, 4.69) is 13.8 Å². The maximum atomic E-state index is 12.6. The predicted octanol–water partition coefficient (Wildman–Crippen LogP) is 2.02. The molecule has 0 radical (unpaired) electrons. The van der Waals surface area contributed by atoms with Gasteiger partial charge in [0.15, 0.2) is 0 Å². The minimum Gasteiger partial charge on any atom is -0.338 e. The van der Waals surface area contributed by atoms with E-state index in [1.54, 1.807) is 11.8 Å². The zero-order valence-electron chi connectivity index (χ0n) is 12.3. The Bertz CT molecular complexity index is 678. The van der Waals surface area contributed by atoms with Crippen LogP contribution in [0.25, 0.3) is 0 Å². The number of amides is 1. The lowest BCUT2D eigenvalue weighted by atomic mass is 10.0. The van der Waals surface area contributed by atoms with E-state index in [4.69, 9.17) is 16.7 Å². The summed E-state index contributed by atoms with van der Waals surface area (Å²) in [6.45, 7) is 7.09. The average molecular weight is 331 g/mol. The lowest BCUT2D eigenvalue weighted by molar-refractivity contribution is 0.0784. The minimum atomic E-state index is -3.91. The van der Waals surface area contributed by atoms with Gasteiger partial charge in [0.2, 0.25) is 10.0 Å². The van der Waals surface area contributed by atoms with Gasteiger partial charge in [0.05, 0.1) is 4.90 Å². The summed E-state index contributed by atoms with van der Waals surface area (Å²) in [6.07, 6.45) is 0. The molecule has 1 fully saturated rings. The van der Waals surface area contributed by atoms with Crippen LogP contribution in [0.2, 0.25) is 5.02 Å². The van der Waals surface area contributed by atoms with Gasteiger partial charge >= 0.3 is 0 Å². The second-order valence-electron chi connectivity index (χ2n) is 5.79. The molecule has 21 heavy (non-hydrogen) atoms. The first-order valence-electron chi connectivity index (χ1n) is 6.73. The standard InChI is InChI=1S/C14H19ClN2O3S/c1-8-6-17(7-9(8)2)14(18)12-4-11(15)5-13(10(12)3)21(16,19)20/h4-5,8-9H,6-7H2,1-3H3,(H2,16,19,20). The van der Waals surface area contributed by atoms with Crippen molar-refractivity contribution in [3.05, 3.63) is 28.3 Å². The zero-order chi connectivity index (χ0) is 15.9. The molecule has 1 aromatic rings. The molecule has 7 heteroatoms. The van der Waals surface area contributed by atoms with Gasteiger partial charge < -0.3 is 4.90 Å². The smallest absolute Gasteiger partial charge is 0.254 e. The SMILES string of the molecule is Cc1c(C(=O)N2CC(C)C(C)C2)cc(Cl)cc1S(N)(=O)=O. The fourth-order valence-corrected chi connectivity index (χ4v) is 3.75. The number of hydrogen-bond acceptors (Lipinski definition) is 3. The van der Waals surface area contributed by atoms with Gasteiger partial charge in [-0.15, -0.1) is 0 Å². The molecule has 0 aliphatic carbocycles. The monoisotopic (exact) mass is 330 g/mol. The van der Waals surface area contributed by atoms with Gasteiger partial charge in [-0.3, -0.25) is 4.79 Å². The lowest BCUT2D eigenvalue weighted by Crippen LogP contribution is -2.30. The molecule has 2 unspecified atom stereocenters. The van der Waals surface area contributed by atoms with Crippen molar-refractivity contribution in [3.8, 4) is 0 Å². The molecule has 1 heterocycles. The number of sulfonamides is 1. The largest absolute Gasteiger partial charge is 0.338 e. The molecular weight excluding hydrogens is 312 g/mol. The lowest BCUT2D eigenvalue weighted by Gasteiger charge is -2.19. The van der Waals surface area contributed by atoms with E-state index >= 15 is 0 Å². The fourth-order valence-electron chi connectivity index (χ4n) is 2.64. The van der Waals surface area contributed by atoms with Crippen LogP contribution in [0.3, 0.4) is 0 Å². The van der Waals surface area contributed by atoms with Crippen molar-refractivity contribution in [1.82, 2.24) is 4.90 Å². The number of carbonyl (C=O) groups excluding carboxylic acids is 1. The normalized spacial score (nSPS) is 22.6. The summed E-state index contributed by atoms with van der Waals surface area (Å²) >= 11 is 5.95. The summed E-state index contributed by atoms with van der Waals surface area (Å²) in [4.78, 5) is 14.3. The van der Waals surface area contributed by atoms with Gasteiger partial charge in [-0.05, 0) is 36.5 Å². The van der Waals surface area contributed by atoms with Crippen LogP contribution in [0, 0.1) is 18.8 Å². The van der Waals surface area contributed by atoms with Gasteiger partial charge in [0.1, 0.15) is 0 Å². The van der Waals surface area contributed by atoms with E-state index in [9.17, 15) is 13.2 Å². The first-order chi connectivity index (χ1) is 9.61. The Kier molecular flexibility index (Phi) is 4.33. The highest BCUT2D eigenvalue weighted by Crippen LogP contribution is 2.28. The molecule has 0 aromatic heterocycles. The molecule has 1 aliphatic rings. The van der Waals surface area contributed by atoms with Crippen LogP contribution in [0.1, 0.15) is 29.8 Å². The van der Waals surface area contributed by atoms with Gasteiger partial charge in [-0.2, -0.15) is 0 Å². The summed E-state index contributed by atoms with van der Waals surface area (Å²) < 4.78 is 23.2. The third-order valence-corrected chi connectivity index (χ3v) is 5.39. The molecule has 2 N–H and O–H groups in total. The molecule has 0 spiro atoms. The topological polar surface area (TPSA) is 80.5 Å². The van der Waals surface area contributed by atoms with Gasteiger partial charge in [-0.25, -0.2) is 13.6 Å². The van der Waals surface area contributed by atoms with Crippen molar-refractivity contribution in [2.75, 3.05) is 13.1 Å². The van der Waals surface area contributed by atoms with Crippen molar-refractivity contribution in [3.63, 3.8) is 0 Å². The Balaban J connectivity index is 2.45. The summed E-state index contributed by atoms with van der Waals surface area (Å²) in [5.74, 6) is 0.647. The number of nitrogens with two attached hydrogens (primary N) is 1. The van der Waals surface area contributed by atoms with Gasteiger partial charge in [-0.1, -0.05) is 25.4 Å². The molecule has 0 saturated carbocycles. The van der Waals surface area contributed by atoms with E-state index in [-0.39, 0.29) is 15.8 Å². The molecule has 1 aromatic carbocycles. The number of halogens is 1. The minimum absolute atomic E-state index is 0.0985. The second kappa shape index (κ2) is 5.59. The van der Waals surface area contributed by atoms with Crippen LogP contribution in [0.4, 0.5) is 0 Å². The van der Waals surface area contributed by atoms with E-state index in [1.807, 2.05) is 0 Å². The number of hydrogen-bond donors (Lipinski definition) is 1. The van der Waals surface area contributed by atoms with E-state index in [1.165, 1.54) is 12.1 Å². The summed E-state index contributed by atoms with van der Waals surface area (Å²) in [7, 11) is -3.91. The third-order valence-electron chi connectivity index (χ3n) is 4.14. The molecule has 2 atom stereocenters. The van der Waals surface area contributed by atoms with Crippen molar-refractivity contribution < 1.29 is 13.2 Å². The van der Waals surface area contributed by atoms with Crippen molar-refractivity contribution >= 4 is 27.5 Å². The van der Waals surface area contributed by atoms with Gasteiger partial charge in [0, 0.05) is 23.7 Å². The van der Waals surface area contributed by atoms with Gasteiger partial charge in [0.25, 0.3) is 5.91 Å². The highest BCUT2D eigenvalue weighted by Gasteiger charge is 2.31. The number of benzene rings is 1. The predicted molar refractivity (Wildman–Crippen MR) is 81.8 cm³/mol. The molecule has 1 amide bonds. The average Bonchev–Trinajstić information content (AvgIpc) is 2.70. The number of rotatable bonds is 2. The maximum Gasteiger partial charge on any atom is 0.254 e. The van der Waals surface area contributed by atoms with Crippen molar-refractivity contribution in [1.29, 1.82) is 0 Å². The van der Waals surface area contributed by atoms with Crippen molar-refractivity contribution in [2.24, 2.45) is 17.0 Å². The van der Waals surface area contributed by atoms with E-state index in [0.717, 1.165) is 0 Å².